The standard InChI is InChI=1S/C23H24BrN5O2/c1-5-27-20-10-8-17(12-21(20)28(6-2)23(27)31)25-13-18-15(4)26-29(22(18)30)19-9-7-16(24)11-14(19)3/h7-13,26H,5-6H2,1-4H3. The molecule has 31 heavy (non-hydrogen) atoms. The average molecular weight is 482 g/mol. The van der Waals surface area contributed by atoms with Crippen molar-refractivity contribution in [3.8, 4) is 5.69 Å². The first-order valence-electron chi connectivity index (χ1n) is 10.2. The third kappa shape index (κ3) is 3.61. The van der Waals surface area contributed by atoms with Crippen molar-refractivity contribution in [1.29, 1.82) is 0 Å². The minimum Gasteiger partial charge on any atom is -0.295 e. The molecule has 0 aliphatic carbocycles. The van der Waals surface area contributed by atoms with Gasteiger partial charge in [-0.15, -0.1) is 0 Å². The van der Waals surface area contributed by atoms with Crippen LogP contribution in [0, 0.1) is 13.8 Å². The molecule has 160 valence electrons. The Hall–Kier alpha value is -3.13. The molecule has 7 nitrogen and oxygen atoms in total. The fraction of sp³-hybridized carbons (Fsp3) is 0.261. The van der Waals surface area contributed by atoms with Gasteiger partial charge in [-0.1, -0.05) is 15.9 Å². The van der Waals surface area contributed by atoms with E-state index in [0.717, 1.165) is 32.5 Å². The van der Waals surface area contributed by atoms with E-state index in [1.54, 1.807) is 15.3 Å². The number of nitrogens with one attached hydrogen (secondary N) is 1. The maximum Gasteiger partial charge on any atom is 0.329 e. The first-order chi connectivity index (χ1) is 14.8. The summed E-state index contributed by atoms with van der Waals surface area (Å²) in [7, 11) is 0. The maximum atomic E-state index is 13.0. The lowest BCUT2D eigenvalue weighted by molar-refractivity contribution is 0.671. The van der Waals surface area contributed by atoms with Gasteiger partial charge < -0.3 is 0 Å². The fourth-order valence-electron chi connectivity index (χ4n) is 3.89. The molecule has 0 atom stereocenters. The summed E-state index contributed by atoms with van der Waals surface area (Å²) in [6.45, 7) is 8.92. The lowest BCUT2D eigenvalue weighted by Gasteiger charge is -2.06. The predicted molar refractivity (Wildman–Crippen MR) is 128 cm³/mol. The Morgan fingerprint density at radius 1 is 1.00 bits per heavy atom. The van der Waals surface area contributed by atoms with Crippen molar-refractivity contribution < 1.29 is 0 Å². The van der Waals surface area contributed by atoms with Gasteiger partial charge in [0.2, 0.25) is 0 Å². The van der Waals surface area contributed by atoms with Crippen LogP contribution in [0.4, 0.5) is 5.69 Å². The number of hydrogen-bond donors (Lipinski definition) is 1. The van der Waals surface area contributed by atoms with E-state index in [9.17, 15) is 9.59 Å². The summed E-state index contributed by atoms with van der Waals surface area (Å²) in [5.74, 6) is 0. The Bertz CT molecular complexity index is 1430. The minimum absolute atomic E-state index is 0.0182. The molecule has 4 aromatic rings. The van der Waals surface area contributed by atoms with Crippen LogP contribution in [0.5, 0.6) is 0 Å². The van der Waals surface area contributed by atoms with Gasteiger partial charge in [-0.05, 0) is 69.7 Å². The zero-order valence-corrected chi connectivity index (χ0v) is 19.5. The van der Waals surface area contributed by atoms with Crippen LogP contribution in [0.3, 0.4) is 0 Å². The highest BCUT2D eigenvalue weighted by Gasteiger charge is 2.14. The van der Waals surface area contributed by atoms with Gasteiger partial charge in [0.05, 0.1) is 28.0 Å². The highest BCUT2D eigenvalue weighted by Crippen LogP contribution is 2.22. The van der Waals surface area contributed by atoms with Crippen LogP contribution in [0.25, 0.3) is 16.7 Å². The van der Waals surface area contributed by atoms with Crippen LogP contribution in [-0.2, 0) is 13.1 Å². The molecule has 0 radical (unpaired) electrons. The van der Waals surface area contributed by atoms with Gasteiger partial charge in [0, 0.05) is 29.5 Å². The van der Waals surface area contributed by atoms with Crippen molar-refractivity contribution in [3.63, 3.8) is 0 Å². The quantitative estimate of drug-likeness (QED) is 0.427. The number of aromatic amines is 1. The molecule has 0 saturated heterocycles. The largest absolute Gasteiger partial charge is 0.329 e. The van der Waals surface area contributed by atoms with Crippen LogP contribution in [0.1, 0.15) is 30.7 Å². The van der Waals surface area contributed by atoms with Gasteiger partial charge in [-0.2, -0.15) is 0 Å². The van der Waals surface area contributed by atoms with E-state index >= 15 is 0 Å². The molecule has 2 aromatic carbocycles. The summed E-state index contributed by atoms with van der Waals surface area (Å²) in [6.07, 6.45) is 1.59. The number of benzene rings is 2. The second-order valence-corrected chi connectivity index (χ2v) is 8.34. The zero-order valence-electron chi connectivity index (χ0n) is 17.9. The zero-order chi connectivity index (χ0) is 22.3. The molecule has 0 bridgehead atoms. The molecule has 0 aliphatic heterocycles. The predicted octanol–water partition coefficient (Wildman–Crippen LogP) is 4.45. The van der Waals surface area contributed by atoms with E-state index in [2.05, 4.69) is 26.0 Å². The average Bonchev–Trinajstić information content (AvgIpc) is 3.17. The van der Waals surface area contributed by atoms with Gasteiger partial charge >= 0.3 is 5.69 Å². The Kier molecular flexibility index (Phi) is 5.58. The van der Waals surface area contributed by atoms with E-state index in [1.165, 1.54) is 4.68 Å². The molecular weight excluding hydrogens is 458 g/mol. The van der Waals surface area contributed by atoms with Crippen molar-refractivity contribution in [2.75, 3.05) is 0 Å². The molecule has 0 amide bonds. The third-order valence-corrected chi connectivity index (χ3v) is 5.99. The number of halogens is 1. The van der Waals surface area contributed by atoms with E-state index in [-0.39, 0.29) is 11.2 Å². The smallest absolute Gasteiger partial charge is 0.295 e. The number of nitrogens with zero attached hydrogens (tertiary/aromatic N) is 4. The van der Waals surface area contributed by atoms with Crippen LogP contribution < -0.4 is 11.2 Å². The summed E-state index contributed by atoms with van der Waals surface area (Å²) in [5, 5.41) is 3.14. The number of hydrogen-bond acceptors (Lipinski definition) is 3. The Balaban J connectivity index is 1.76. The molecule has 1 N–H and O–H groups in total. The highest BCUT2D eigenvalue weighted by molar-refractivity contribution is 9.10. The van der Waals surface area contributed by atoms with Gasteiger partial charge in [-0.3, -0.25) is 24.0 Å². The van der Waals surface area contributed by atoms with Crippen molar-refractivity contribution >= 4 is 38.9 Å². The molecule has 2 heterocycles. The lowest BCUT2D eigenvalue weighted by Crippen LogP contribution is -2.22. The summed E-state index contributed by atoms with van der Waals surface area (Å²) < 4.78 is 5.99. The SMILES string of the molecule is CCn1c(=O)n(CC)c2cc(N=Cc3c(C)[nH]n(-c4ccc(Br)cc4C)c3=O)ccc21. The first-order valence-corrected chi connectivity index (χ1v) is 11.0. The van der Waals surface area contributed by atoms with Crippen molar-refractivity contribution in [1.82, 2.24) is 18.9 Å². The van der Waals surface area contributed by atoms with Gasteiger partial charge in [0.1, 0.15) is 0 Å². The topological polar surface area (TPSA) is 77.1 Å². The molecule has 0 aliphatic rings. The van der Waals surface area contributed by atoms with Crippen molar-refractivity contribution in [3.05, 3.63) is 78.5 Å². The Morgan fingerprint density at radius 3 is 2.39 bits per heavy atom. The second-order valence-electron chi connectivity index (χ2n) is 7.42. The van der Waals surface area contributed by atoms with E-state index in [1.807, 2.05) is 64.1 Å². The second kappa shape index (κ2) is 8.19. The number of H-pyrrole nitrogens is 1. The number of aromatic nitrogens is 4. The lowest BCUT2D eigenvalue weighted by atomic mass is 10.2. The molecule has 2 aromatic heterocycles. The molecule has 0 saturated carbocycles. The molecule has 0 spiro atoms. The summed E-state index contributed by atoms with van der Waals surface area (Å²) >= 11 is 3.45. The van der Waals surface area contributed by atoms with Crippen LogP contribution in [-0.4, -0.2) is 25.1 Å². The number of fused-ring (bicyclic) bond motifs is 1. The fourth-order valence-corrected chi connectivity index (χ4v) is 4.37. The minimum atomic E-state index is -0.157. The van der Waals surface area contributed by atoms with Gasteiger partial charge in [-0.25, -0.2) is 9.48 Å². The summed E-state index contributed by atoms with van der Waals surface area (Å²) in [6, 6.07) is 11.4. The number of rotatable bonds is 5. The van der Waals surface area contributed by atoms with E-state index < -0.39 is 0 Å². The molecule has 4 rings (SSSR count). The van der Waals surface area contributed by atoms with Gasteiger partial charge in [0.25, 0.3) is 5.56 Å². The van der Waals surface area contributed by atoms with E-state index in [4.69, 9.17) is 0 Å². The van der Waals surface area contributed by atoms with Crippen LogP contribution >= 0.6 is 15.9 Å². The van der Waals surface area contributed by atoms with E-state index in [0.29, 0.717) is 24.3 Å². The Morgan fingerprint density at radius 2 is 1.71 bits per heavy atom. The molecule has 8 heteroatoms. The third-order valence-electron chi connectivity index (χ3n) is 5.49. The van der Waals surface area contributed by atoms with Crippen LogP contribution in [0.2, 0.25) is 0 Å². The molecule has 0 fully saturated rings. The number of imidazole rings is 1. The summed E-state index contributed by atoms with van der Waals surface area (Å²) in [5.41, 5.74) is 5.26. The summed E-state index contributed by atoms with van der Waals surface area (Å²) in [4.78, 5) is 30.1. The first kappa shape index (κ1) is 21.1. The van der Waals surface area contributed by atoms with Gasteiger partial charge in [0.15, 0.2) is 0 Å². The molecule has 0 unspecified atom stereocenters. The monoisotopic (exact) mass is 481 g/mol. The van der Waals surface area contributed by atoms with Crippen molar-refractivity contribution in [2.24, 2.45) is 4.99 Å². The normalized spacial score (nSPS) is 11.8. The number of aliphatic imine (C=N–C) groups is 1. The van der Waals surface area contributed by atoms with Crippen molar-refractivity contribution in [2.45, 2.75) is 40.8 Å². The van der Waals surface area contributed by atoms with Crippen LogP contribution in [0.15, 0.2) is 55.5 Å². The molecular formula is C23H24BrN5O2. The Labute approximate surface area is 187 Å². The highest BCUT2D eigenvalue weighted by atomic mass is 79.9. The number of aryl methyl sites for hydroxylation is 4. The maximum absolute atomic E-state index is 13.0.